The third kappa shape index (κ3) is 4.66. The van der Waals surface area contributed by atoms with Gasteiger partial charge >= 0.3 is 0 Å². The van der Waals surface area contributed by atoms with E-state index in [0.717, 1.165) is 74.3 Å². The summed E-state index contributed by atoms with van der Waals surface area (Å²) in [5, 5.41) is 0.704. The zero-order valence-electron chi connectivity index (χ0n) is 17.5. The molecule has 2 aromatic rings. The lowest BCUT2D eigenvalue weighted by Gasteiger charge is -2.32. The monoisotopic (exact) mass is 448 g/mol. The fraction of sp³-hybridized carbons (Fsp3) is 0.636. The van der Waals surface area contributed by atoms with E-state index in [-0.39, 0.29) is 11.6 Å². The fourth-order valence-corrected chi connectivity index (χ4v) is 4.63. The highest BCUT2D eigenvalue weighted by molar-refractivity contribution is 9.10. The van der Waals surface area contributed by atoms with Crippen LogP contribution in [0.1, 0.15) is 58.3 Å². The molecule has 0 radical (unpaired) electrons. The van der Waals surface area contributed by atoms with Gasteiger partial charge in [0.2, 0.25) is 0 Å². The molecule has 1 atom stereocenters. The molecule has 1 aliphatic heterocycles. The Morgan fingerprint density at radius 1 is 1.11 bits per heavy atom. The predicted octanol–water partition coefficient (Wildman–Crippen LogP) is 4.44. The summed E-state index contributed by atoms with van der Waals surface area (Å²) < 4.78 is 2.87. The number of halogens is 1. The Labute approximate surface area is 176 Å². The van der Waals surface area contributed by atoms with Crippen molar-refractivity contribution in [3.05, 3.63) is 38.9 Å². The molecule has 1 unspecified atom stereocenters. The minimum absolute atomic E-state index is 0.0919. The van der Waals surface area contributed by atoms with Gasteiger partial charge in [-0.3, -0.25) is 14.3 Å². The Balaban J connectivity index is 2.07. The zero-order chi connectivity index (χ0) is 20.1. The maximum absolute atomic E-state index is 13.3. The van der Waals surface area contributed by atoms with Gasteiger partial charge in [-0.25, -0.2) is 4.98 Å². The van der Waals surface area contributed by atoms with E-state index in [2.05, 4.69) is 46.5 Å². The lowest BCUT2D eigenvalue weighted by Crippen LogP contribution is -2.37. The number of hydrogen-bond acceptors (Lipinski definition) is 4. The van der Waals surface area contributed by atoms with Gasteiger partial charge in [-0.1, -0.05) is 43.1 Å². The first-order chi connectivity index (χ1) is 13.6. The molecule has 6 heteroatoms. The van der Waals surface area contributed by atoms with Crippen LogP contribution in [0, 0.1) is 0 Å². The maximum Gasteiger partial charge on any atom is 0.261 e. The molecule has 1 aromatic carbocycles. The summed E-state index contributed by atoms with van der Waals surface area (Å²) in [6.07, 6.45) is 4.21. The number of benzene rings is 1. The summed E-state index contributed by atoms with van der Waals surface area (Å²) in [6.45, 7) is 12.8. The van der Waals surface area contributed by atoms with E-state index in [1.807, 2.05) is 22.8 Å². The molecule has 0 spiro atoms. The Morgan fingerprint density at radius 2 is 1.93 bits per heavy atom. The zero-order valence-corrected chi connectivity index (χ0v) is 19.0. The van der Waals surface area contributed by atoms with Crippen molar-refractivity contribution in [3.63, 3.8) is 0 Å². The number of aromatic nitrogens is 2. The third-order valence-corrected chi connectivity index (χ3v) is 6.26. The largest absolute Gasteiger partial charge is 0.302 e. The van der Waals surface area contributed by atoms with E-state index in [4.69, 9.17) is 4.98 Å². The average Bonchev–Trinajstić information content (AvgIpc) is 2.94. The van der Waals surface area contributed by atoms with Crippen molar-refractivity contribution in [2.45, 2.75) is 59.0 Å². The van der Waals surface area contributed by atoms with Crippen molar-refractivity contribution in [1.29, 1.82) is 0 Å². The lowest BCUT2D eigenvalue weighted by molar-refractivity contribution is 0.177. The molecule has 0 bridgehead atoms. The minimum Gasteiger partial charge on any atom is -0.302 e. The van der Waals surface area contributed by atoms with Gasteiger partial charge in [-0.2, -0.15) is 0 Å². The topological polar surface area (TPSA) is 41.4 Å². The first kappa shape index (κ1) is 21.5. The van der Waals surface area contributed by atoms with Gasteiger partial charge in [-0.05, 0) is 50.6 Å². The van der Waals surface area contributed by atoms with Gasteiger partial charge in [0.15, 0.2) is 0 Å². The van der Waals surface area contributed by atoms with Crippen molar-refractivity contribution in [2.24, 2.45) is 0 Å². The van der Waals surface area contributed by atoms with Crippen molar-refractivity contribution in [2.75, 3.05) is 32.7 Å². The highest BCUT2D eigenvalue weighted by Crippen LogP contribution is 2.27. The van der Waals surface area contributed by atoms with Crippen molar-refractivity contribution < 1.29 is 0 Å². The molecule has 154 valence electrons. The molecule has 1 aliphatic rings. The van der Waals surface area contributed by atoms with Crippen molar-refractivity contribution >= 4 is 26.8 Å². The predicted molar refractivity (Wildman–Crippen MR) is 120 cm³/mol. The molecule has 1 fully saturated rings. The second kappa shape index (κ2) is 9.99. The van der Waals surface area contributed by atoms with Gasteiger partial charge in [0.1, 0.15) is 5.82 Å². The van der Waals surface area contributed by atoms with Crippen LogP contribution in [0.2, 0.25) is 0 Å². The van der Waals surface area contributed by atoms with Crippen LogP contribution >= 0.6 is 15.9 Å². The summed E-state index contributed by atoms with van der Waals surface area (Å²) in [4.78, 5) is 23.5. The molecule has 0 N–H and O–H groups in total. The normalized spacial score (nSPS) is 17.7. The van der Waals surface area contributed by atoms with E-state index in [1.54, 1.807) is 0 Å². The number of hydrogen-bond donors (Lipinski definition) is 0. The highest BCUT2D eigenvalue weighted by Gasteiger charge is 2.27. The van der Waals surface area contributed by atoms with Crippen LogP contribution in [-0.2, 0) is 6.54 Å². The molecule has 5 nitrogen and oxygen atoms in total. The van der Waals surface area contributed by atoms with Crippen LogP contribution in [0.25, 0.3) is 10.9 Å². The van der Waals surface area contributed by atoms with E-state index in [0.29, 0.717) is 5.39 Å². The highest BCUT2D eigenvalue weighted by atomic mass is 79.9. The molecule has 0 saturated carbocycles. The van der Waals surface area contributed by atoms with E-state index < -0.39 is 0 Å². The average molecular weight is 449 g/mol. The summed E-state index contributed by atoms with van der Waals surface area (Å²) >= 11 is 3.50. The van der Waals surface area contributed by atoms with Gasteiger partial charge < -0.3 is 4.90 Å². The second-order valence-corrected chi connectivity index (χ2v) is 8.63. The molecular formula is C22H33BrN4O. The third-order valence-electron chi connectivity index (χ3n) is 5.76. The van der Waals surface area contributed by atoms with Crippen molar-refractivity contribution in [3.8, 4) is 0 Å². The number of rotatable bonds is 7. The van der Waals surface area contributed by atoms with Gasteiger partial charge in [0, 0.05) is 30.7 Å². The van der Waals surface area contributed by atoms with Crippen LogP contribution in [0.15, 0.2) is 27.5 Å². The molecule has 1 saturated heterocycles. The Bertz CT molecular complexity index is 850. The summed E-state index contributed by atoms with van der Waals surface area (Å²) in [5.41, 5.74) is 0.899. The molecule has 0 amide bonds. The molecule has 1 aromatic heterocycles. The Hall–Kier alpha value is -1.24. The number of fused-ring (bicyclic) bond motifs is 1. The standard InChI is InChI=1S/C22H33BrN4O/c1-4-8-20(26-13-7-12-25(6-3)14-15-26)21-24-19-10-9-17(23)16-18(19)22(28)27(21)11-5-2/h9-10,16,20H,4-8,11-15H2,1-3H3. The summed E-state index contributed by atoms with van der Waals surface area (Å²) in [7, 11) is 0. The van der Waals surface area contributed by atoms with Crippen LogP contribution in [0.5, 0.6) is 0 Å². The molecular weight excluding hydrogens is 416 g/mol. The Kier molecular flexibility index (Phi) is 7.66. The maximum atomic E-state index is 13.3. The van der Waals surface area contributed by atoms with Crippen LogP contribution in [0.4, 0.5) is 0 Å². The first-order valence-electron chi connectivity index (χ1n) is 10.7. The van der Waals surface area contributed by atoms with E-state index in [9.17, 15) is 4.79 Å². The minimum atomic E-state index is 0.0919. The molecule has 28 heavy (non-hydrogen) atoms. The fourth-order valence-electron chi connectivity index (χ4n) is 4.27. The van der Waals surface area contributed by atoms with E-state index >= 15 is 0 Å². The van der Waals surface area contributed by atoms with Crippen LogP contribution in [0.3, 0.4) is 0 Å². The SMILES string of the molecule is CCCC(c1nc2ccc(Br)cc2c(=O)n1CCC)N1CCCN(CC)CC1. The smallest absolute Gasteiger partial charge is 0.261 e. The quantitative estimate of drug-likeness (QED) is 0.627. The second-order valence-electron chi connectivity index (χ2n) is 7.72. The molecule has 3 rings (SSSR count). The summed E-state index contributed by atoms with van der Waals surface area (Å²) in [5.74, 6) is 0.952. The van der Waals surface area contributed by atoms with Gasteiger partial charge in [0.25, 0.3) is 5.56 Å². The van der Waals surface area contributed by atoms with Crippen LogP contribution < -0.4 is 5.56 Å². The van der Waals surface area contributed by atoms with E-state index in [1.165, 1.54) is 6.42 Å². The molecule has 2 heterocycles. The van der Waals surface area contributed by atoms with Crippen LogP contribution in [-0.4, -0.2) is 52.1 Å². The first-order valence-corrected chi connectivity index (χ1v) is 11.5. The van der Waals surface area contributed by atoms with Gasteiger partial charge in [0.05, 0.1) is 16.9 Å². The Morgan fingerprint density at radius 3 is 2.64 bits per heavy atom. The number of nitrogens with zero attached hydrogens (tertiary/aromatic N) is 4. The summed E-state index contributed by atoms with van der Waals surface area (Å²) in [6, 6.07) is 6.04. The van der Waals surface area contributed by atoms with Crippen molar-refractivity contribution in [1.82, 2.24) is 19.4 Å². The lowest BCUT2D eigenvalue weighted by atomic mass is 10.1. The molecule has 0 aliphatic carbocycles. The van der Waals surface area contributed by atoms with Gasteiger partial charge in [-0.15, -0.1) is 0 Å². The number of likely N-dealkylation sites (N-methyl/N-ethyl adjacent to an activating group) is 1.